The van der Waals surface area contributed by atoms with Gasteiger partial charge in [-0.1, -0.05) is 48.5 Å². The van der Waals surface area contributed by atoms with Crippen molar-refractivity contribution in [3.05, 3.63) is 77.9 Å². The van der Waals surface area contributed by atoms with Gasteiger partial charge in [-0.15, -0.1) is 0 Å². The number of carboxylic acids is 1. The van der Waals surface area contributed by atoms with Gasteiger partial charge >= 0.3 is 35.5 Å². The molecular weight excluding hydrogens is 301 g/mol. The zero-order valence-corrected chi connectivity index (χ0v) is 11.6. The van der Waals surface area contributed by atoms with Crippen molar-refractivity contribution in [1.29, 1.82) is 0 Å². The first-order valence-electron chi connectivity index (χ1n) is 6.78. The van der Waals surface area contributed by atoms with Gasteiger partial charge in [0.15, 0.2) is 0 Å². The van der Waals surface area contributed by atoms with Crippen LogP contribution in [-0.2, 0) is 0 Å². The molecule has 5 heteroatoms. The minimum atomic E-state index is -1.12. The number of rotatable bonds is 3. The number of carbonyl (C=O) groups is 2. The van der Waals surface area contributed by atoms with Gasteiger partial charge in [0, 0.05) is 11.1 Å². The van der Waals surface area contributed by atoms with Gasteiger partial charge < -0.3 is 10.4 Å². The van der Waals surface area contributed by atoms with Crippen molar-refractivity contribution < 1.29 is 14.7 Å². The summed E-state index contributed by atoms with van der Waals surface area (Å²) in [5, 5.41) is 13.9. The van der Waals surface area contributed by atoms with E-state index in [9.17, 15) is 14.7 Å². The monoisotopic (exact) mass is 315 g/mol. The van der Waals surface area contributed by atoms with Crippen LogP contribution >= 0.6 is 0 Å². The number of benzene rings is 3. The van der Waals surface area contributed by atoms with Crippen LogP contribution in [0.1, 0.15) is 20.7 Å². The Balaban J connectivity index is 0.00000192. The molecule has 110 valence electrons. The summed E-state index contributed by atoms with van der Waals surface area (Å²) >= 11 is 0. The van der Waals surface area contributed by atoms with Crippen molar-refractivity contribution in [1.82, 2.24) is 0 Å². The van der Waals surface area contributed by atoms with E-state index in [1.165, 1.54) is 12.1 Å². The van der Waals surface area contributed by atoms with Crippen LogP contribution < -0.4 is 5.32 Å². The fourth-order valence-electron chi connectivity index (χ4n) is 2.39. The second-order valence-corrected chi connectivity index (χ2v) is 4.83. The van der Waals surface area contributed by atoms with E-state index in [0.29, 0.717) is 5.69 Å². The Morgan fingerprint density at radius 1 is 0.783 bits per heavy atom. The second-order valence-electron chi connectivity index (χ2n) is 4.83. The molecule has 0 radical (unpaired) electrons. The van der Waals surface area contributed by atoms with E-state index in [4.69, 9.17) is 0 Å². The predicted molar refractivity (Wildman–Crippen MR) is 92.5 cm³/mol. The molecule has 0 bridgehead atoms. The van der Waals surface area contributed by atoms with Gasteiger partial charge in [-0.3, -0.25) is 4.79 Å². The summed E-state index contributed by atoms with van der Waals surface area (Å²) in [5.74, 6) is -1.56. The number of fused-ring (bicyclic) bond motifs is 1. The Kier molecular flexibility index (Phi) is 5.55. The van der Waals surface area contributed by atoms with Gasteiger partial charge in [0.1, 0.15) is 0 Å². The molecule has 1 amide bonds. The van der Waals surface area contributed by atoms with Crippen molar-refractivity contribution in [2.75, 3.05) is 5.32 Å². The Hall–Kier alpha value is -2.14. The van der Waals surface area contributed by atoms with Crippen molar-refractivity contribution in [2.45, 2.75) is 0 Å². The van der Waals surface area contributed by atoms with Gasteiger partial charge in [-0.2, -0.15) is 0 Å². The standard InChI is InChI=1S/C18H13NO3.Na.H/c20-17(14-9-3-4-10-15(14)18(21)22)19-16-11-5-7-12-6-1-2-8-13(12)16;;/h1-11H,(H,19,20)(H,21,22);;. The third-order valence-corrected chi connectivity index (χ3v) is 3.44. The number of aromatic carboxylic acids is 1. The number of anilines is 1. The molecule has 3 rings (SSSR count). The van der Waals surface area contributed by atoms with E-state index in [-0.39, 0.29) is 40.7 Å². The maximum absolute atomic E-state index is 12.4. The molecule has 0 aliphatic carbocycles. The first-order chi connectivity index (χ1) is 10.7. The average molecular weight is 315 g/mol. The number of amides is 1. The SMILES string of the molecule is O=C(O)c1ccccc1C(=O)Nc1cccc2ccccc12.[NaH]. The third-order valence-electron chi connectivity index (χ3n) is 3.44. The number of hydrogen-bond acceptors (Lipinski definition) is 2. The van der Waals surface area contributed by atoms with Gasteiger partial charge in [-0.05, 0) is 23.6 Å². The fourth-order valence-corrected chi connectivity index (χ4v) is 2.39. The van der Waals surface area contributed by atoms with Crippen molar-refractivity contribution in [2.24, 2.45) is 0 Å². The first kappa shape index (κ1) is 17.2. The molecule has 3 aromatic carbocycles. The van der Waals surface area contributed by atoms with Gasteiger partial charge in [0.2, 0.25) is 0 Å². The van der Waals surface area contributed by atoms with E-state index < -0.39 is 11.9 Å². The minimum absolute atomic E-state index is 0. The predicted octanol–water partition coefficient (Wildman–Crippen LogP) is 3.14. The van der Waals surface area contributed by atoms with E-state index in [2.05, 4.69) is 5.32 Å². The van der Waals surface area contributed by atoms with E-state index >= 15 is 0 Å². The molecule has 0 spiro atoms. The third kappa shape index (κ3) is 3.62. The van der Waals surface area contributed by atoms with E-state index in [1.54, 1.807) is 18.2 Å². The number of carboxylic acid groups (broad SMARTS) is 1. The molecule has 2 N–H and O–H groups in total. The summed E-state index contributed by atoms with van der Waals surface area (Å²) in [4.78, 5) is 23.6. The van der Waals surface area contributed by atoms with Crippen LogP contribution in [-0.4, -0.2) is 46.5 Å². The van der Waals surface area contributed by atoms with Crippen LogP contribution in [0.25, 0.3) is 10.8 Å². The molecule has 0 aromatic heterocycles. The van der Waals surface area contributed by atoms with E-state index in [0.717, 1.165) is 10.8 Å². The molecule has 0 saturated heterocycles. The Morgan fingerprint density at radius 3 is 2.13 bits per heavy atom. The van der Waals surface area contributed by atoms with E-state index in [1.807, 2.05) is 36.4 Å². The van der Waals surface area contributed by atoms with Crippen molar-refractivity contribution >= 4 is 57.9 Å². The molecule has 0 heterocycles. The Morgan fingerprint density at radius 2 is 1.39 bits per heavy atom. The summed E-state index contributed by atoms with van der Waals surface area (Å²) in [6.07, 6.45) is 0. The van der Waals surface area contributed by atoms with Crippen LogP contribution in [0.4, 0.5) is 5.69 Å². The molecule has 0 atom stereocenters. The molecule has 0 aliphatic heterocycles. The second kappa shape index (κ2) is 7.42. The van der Waals surface area contributed by atoms with Crippen LogP contribution in [0.5, 0.6) is 0 Å². The van der Waals surface area contributed by atoms with Gasteiger partial charge in [0.05, 0.1) is 11.1 Å². The molecule has 3 aromatic rings. The topological polar surface area (TPSA) is 66.4 Å². The Labute approximate surface area is 155 Å². The van der Waals surface area contributed by atoms with Crippen LogP contribution in [0.15, 0.2) is 66.7 Å². The molecule has 0 saturated carbocycles. The summed E-state index contributed by atoms with van der Waals surface area (Å²) in [6.45, 7) is 0. The zero-order valence-electron chi connectivity index (χ0n) is 11.6. The van der Waals surface area contributed by atoms with Crippen LogP contribution in [0.3, 0.4) is 0 Å². The summed E-state index contributed by atoms with van der Waals surface area (Å²) < 4.78 is 0. The summed E-state index contributed by atoms with van der Waals surface area (Å²) in [6, 6.07) is 19.4. The average Bonchev–Trinajstić information content (AvgIpc) is 2.55. The fraction of sp³-hybridized carbons (Fsp3) is 0. The quantitative estimate of drug-likeness (QED) is 0.730. The molecular formula is C18H14NNaO3. The maximum atomic E-state index is 12.4. The number of carbonyl (C=O) groups excluding carboxylic acids is 1. The van der Waals surface area contributed by atoms with Crippen molar-refractivity contribution in [3.8, 4) is 0 Å². The molecule has 23 heavy (non-hydrogen) atoms. The van der Waals surface area contributed by atoms with Crippen molar-refractivity contribution in [3.63, 3.8) is 0 Å². The number of nitrogens with one attached hydrogen (secondary N) is 1. The zero-order chi connectivity index (χ0) is 15.5. The first-order valence-corrected chi connectivity index (χ1v) is 6.78. The molecule has 0 aliphatic rings. The number of hydrogen-bond donors (Lipinski definition) is 2. The Bertz CT molecular complexity index is 872. The van der Waals surface area contributed by atoms with Gasteiger partial charge in [0.25, 0.3) is 5.91 Å². The normalized spacial score (nSPS) is 9.91. The van der Waals surface area contributed by atoms with Gasteiger partial charge in [-0.25, -0.2) is 4.79 Å². The van der Waals surface area contributed by atoms with Crippen LogP contribution in [0, 0.1) is 0 Å². The molecule has 4 nitrogen and oxygen atoms in total. The van der Waals surface area contributed by atoms with Crippen LogP contribution in [0.2, 0.25) is 0 Å². The molecule has 0 fully saturated rings. The molecule has 0 unspecified atom stereocenters. The summed E-state index contributed by atoms with van der Waals surface area (Å²) in [7, 11) is 0. The summed E-state index contributed by atoms with van der Waals surface area (Å²) in [5.41, 5.74) is 0.784.